The van der Waals surface area contributed by atoms with Crippen molar-refractivity contribution in [2.75, 3.05) is 31.1 Å². The third kappa shape index (κ3) is 3.09. The molecule has 1 N–H and O–H groups in total. The minimum atomic E-state index is -3.54. The lowest BCUT2D eigenvalue weighted by Crippen LogP contribution is -2.43. The SMILES string of the molecule is Cl.Cn1cc(S(=O)(=O)c2ccccc2)c2cccc(N3CCNCC3)c21. The van der Waals surface area contributed by atoms with Gasteiger partial charge in [0.15, 0.2) is 0 Å². The van der Waals surface area contributed by atoms with Crippen LogP contribution in [0.2, 0.25) is 0 Å². The number of nitrogens with zero attached hydrogens (tertiary/aromatic N) is 2. The minimum Gasteiger partial charge on any atom is -0.367 e. The summed E-state index contributed by atoms with van der Waals surface area (Å²) >= 11 is 0. The number of halogens is 1. The summed E-state index contributed by atoms with van der Waals surface area (Å²) in [5.41, 5.74) is 2.06. The normalized spacial score (nSPS) is 15.0. The predicted octanol–water partition coefficient (Wildman–Crippen LogP) is 2.84. The Morgan fingerprint density at radius 3 is 2.35 bits per heavy atom. The number of rotatable bonds is 3. The topological polar surface area (TPSA) is 54.3 Å². The van der Waals surface area contributed by atoms with Crippen LogP contribution in [0.25, 0.3) is 10.9 Å². The van der Waals surface area contributed by atoms with E-state index in [2.05, 4.69) is 16.3 Å². The molecular weight excluding hydrogens is 370 g/mol. The Bertz CT molecular complexity index is 1010. The predicted molar refractivity (Wildman–Crippen MR) is 107 cm³/mol. The quantitative estimate of drug-likeness (QED) is 0.746. The van der Waals surface area contributed by atoms with Crippen molar-refractivity contribution in [2.24, 2.45) is 7.05 Å². The Balaban J connectivity index is 0.00000196. The highest BCUT2D eigenvalue weighted by atomic mass is 35.5. The molecule has 0 bridgehead atoms. The summed E-state index contributed by atoms with van der Waals surface area (Å²) in [5.74, 6) is 0. The molecule has 0 aliphatic carbocycles. The maximum Gasteiger partial charge on any atom is 0.208 e. The highest BCUT2D eigenvalue weighted by molar-refractivity contribution is 7.91. The molecular formula is C19H22ClN3O2S. The molecule has 2 heterocycles. The summed E-state index contributed by atoms with van der Waals surface area (Å²) in [6, 6.07) is 14.6. The molecule has 5 nitrogen and oxygen atoms in total. The Morgan fingerprint density at radius 1 is 0.962 bits per heavy atom. The van der Waals surface area contributed by atoms with Crippen LogP contribution in [0, 0.1) is 0 Å². The molecule has 1 aromatic heterocycles. The van der Waals surface area contributed by atoms with E-state index in [0.717, 1.165) is 42.8 Å². The maximum absolute atomic E-state index is 13.1. The van der Waals surface area contributed by atoms with E-state index in [9.17, 15) is 8.42 Å². The first kappa shape index (κ1) is 18.8. The van der Waals surface area contributed by atoms with Crippen LogP contribution >= 0.6 is 12.4 Å². The van der Waals surface area contributed by atoms with Gasteiger partial charge in [-0.1, -0.05) is 30.3 Å². The molecule has 2 aromatic carbocycles. The van der Waals surface area contributed by atoms with Gasteiger partial charge in [0.25, 0.3) is 0 Å². The van der Waals surface area contributed by atoms with Gasteiger partial charge in [0, 0.05) is 44.8 Å². The molecule has 0 atom stereocenters. The fourth-order valence-electron chi connectivity index (χ4n) is 3.51. The standard InChI is InChI=1S/C19H21N3O2S.ClH/c1-21-14-18(25(23,24)15-6-3-2-4-7-15)16-8-5-9-17(19(16)21)22-12-10-20-11-13-22;/h2-9,14,20H,10-13H2,1H3;1H. The van der Waals surface area contributed by atoms with Gasteiger partial charge in [0.2, 0.25) is 9.84 Å². The van der Waals surface area contributed by atoms with Crippen LogP contribution in [0.15, 0.2) is 64.5 Å². The molecule has 3 aromatic rings. The number of benzene rings is 2. The second-order valence-corrected chi connectivity index (χ2v) is 8.25. The van der Waals surface area contributed by atoms with Crippen LogP contribution in [-0.2, 0) is 16.9 Å². The van der Waals surface area contributed by atoms with Gasteiger partial charge in [-0.25, -0.2) is 8.42 Å². The van der Waals surface area contributed by atoms with Crippen LogP contribution < -0.4 is 10.2 Å². The fourth-order valence-corrected chi connectivity index (χ4v) is 5.03. The summed E-state index contributed by atoms with van der Waals surface area (Å²) < 4.78 is 28.2. The van der Waals surface area contributed by atoms with Crippen molar-refractivity contribution in [2.45, 2.75) is 9.79 Å². The number of fused-ring (bicyclic) bond motifs is 1. The first-order valence-corrected chi connectivity index (χ1v) is 9.91. The molecule has 1 aliphatic rings. The number of anilines is 1. The lowest BCUT2D eigenvalue weighted by atomic mass is 10.2. The van der Waals surface area contributed by atoms with Crippen LogP contribution in [0.1, 0.15) is 0 Å². The van der Waals surface area contributed by atoms with Crippen molar-refractivity contribution in [3.05, 3.63) is 54.7 Å². The number of aryl methyl sites for hydroxylation is 1. The molecule has 1 aliphatic heterocycles. The Morgan fingerprint density at radius 2 is 1.65 bits per heavy atom. The number of piperazine rings is 1. The molecule has 1 saturated heterocycles. The van der Waals surface area contributed by atoms with Crippen molar-refractivity contribution >= 4 is 38.8 Å². The Hall–Kier alpha value is -2.02. The lowest BCUT2D eigenvalue weighted by Gasteiger charge is -2.30. The third-order valence-corrected chi connectivity index (χ3v) is 6.54. The van der Waals surface area contributed by atoms with Gasteiger partial charge in [0.05, 0.1) is 21.0 Å². The molecule has 0 spiro atoms. The van der Waals surface area contributed by atoms with E-state index >= 15 is 0 Å². The van der Waals surface area contributed by atoms with Crippen molar-refractivity contribution in [3.63, 3.8) is 0 Å². The molecule has 7 heteroatoms. The second kappa shape index (κ2) is 7.31. The van der Waals surface area contributed by atoms with Crippen molar-refractivity contribution in [1.82, 2.24) is 9.88 Å². The van der Waals surface area contributed by atoms with Crippen LogP contribution in [0.4, 0.5) is 5.69 Å². The number of sulfone groups is 1. The fraction of sp³-hybridized carbons (Fsp3) is 0.263. The van der Waals surface area contributed by atoms with Gasteiger partial charge in [-0.3, -0.25) is 0 Å². The molecule has 0 radical (unpaired) electrons. The highest BCUT2D eigenvalue weighted by Gasteiger charge is 2.25. The van der Waals surface area contributed by atoms with E-state index in [4.69, 9.17) is 0 Å². The van der Waals surface area contributed by atoms with E-state index < -0.39 is 9.84 Å². The summed E-state index contributed by atoms with van der Waals surface area (Å²) in [5, 5.41) is 4.13. The van der Waals surface area contributed by atoms with Gasteiger partial charge in [0.1, 0.15) is 0 Å². The molecule has 1 fully saturated rings. The van der Waals surface area contributed by atoms with Crippen LogP contribution in [0.5, 0.6) is 0 Å². The zero-order valence-electron chi connectivity index (χ0n) is 14.6. The second-order valence-electron chi connectivity index (χ2n) is 6.33. The van der Waals surface area contributed by atoms with E-state index in [1.165, 1.54) is 0 Å². The minimum absolute atomic E-state index is 0. The van der Waals surface area contributed by atoms with E-state index in [1.54, 1.807) is 30.5 Å². The Labute approximate surface area is 159 Å². The molecule has 138 valence electrons. The lowest BCUT2D eigenvalue weighted by molar-refractivity contribution is 0.590. The molecule has 0 unspecified atom stereocenters. The maximum atomic E-state index is 13.1. The monoisotopic (exact) mass is 391 g/mol. The van der Waals surface area contributed by atoms with E-state index in [0.29, 0.717) is 9.79 Å². The number of para-hydroxylation sites is 1. The summed E-state index contributed by atoms with van der Waals surface area (Å²) in [6.07, 6.45) is 1.73. The average molecular weight is 392 g/mol. The van der Waals surface area contributed by atoms with E-state index in [-0.39, 0.29) is 12.4 Å². The number of hydrogen-bond acceptors (Lipinski definition) is 4. The summed E-state index contributed by atoms with van der Waals surface area (Å²) in [7, 11) is -1.63. The average Bonchev–Trinajstić information content (AvgIpc) is 3.01. The van der Waals surface area contributed by atoms with Crippen molar-refractivity contribution in [3.8, 4) is 0 Å². The smallest absolute Gasteiger partial charge is 0.208 e. The number of aromatic nitrogens is 1. The molecule has 0 amide bonds. The summed E-state index contributed by atoms with van der Waals surface area (Å²) in [6.45, 7) is 3.72. The molecule has 4 rings (SSSR count). The van der Waals surface area contributed by atoms with Gasteiger partial charge in [-0.2, -0.15) is 0 Å². The van der Waals surface area contributed by atoms with Crippen molar-refractivity contribution < 1.29 is 8.42 Å². The molecule has 26 heavy (non-hydrogen) atoms. The third-order valence-electron chi connectivity index (χ3n) is 4.74. The van der Waals surface area contributed by atoms with Crippen LogP contribution in [-0.4, -0.2) is 39.2 Å². The van der Waals surface area contributed by atoms with Gasteiger partial charge in [-0.15, -0.1) is 12.4 Å². The zero-order valence-corrected chi connectivity index (χ0v) is 16.2. The highest BCUT2D eigenvalue weighted by Crippen LogP contribution is 2.35. The first-order valence-electron chi connectivity index (χ1n) is 8.43. The van der Waals surface area contributed by atoms with Crippen molar-refractivity contribution in [1.29, 1.82) is 0 Å². The zero-order chi connectivity index (χ0) is 17.4. The van der Waals surface area contributed by atoms with Gasteiger partial charge in [-0.05, 0) is 18.2 Å². The van der Waals surface area contributed by atoms with E-state index in [1.807, 2.05) is 29.8 Å². The van der Waals surface area contributed by atoms with Gasteiger partial charge >= 0.3 is 0 Å². The summed E-state index contributed by atoms with van der Waals surface area (Å²) in [4.78, 5) is 3.01. The first-order chi connectivity index (χ1) is 12.1. The van der Waals surface area contributed by atoms with Crippen LogP contribution in [0.3, 0.4) is 0 Å². The molecule has 0 saturated carbocycles. The number of hydrogen-bond donors (Lipinski definition) is 1. The van der Waals surface area contributed by atoms with Gasteiger partial charge < -0.3 is 14.8 Å². The number of nitrogens with one attached hydrogen (secondary N) is 1. The largest absolute Gasteiger partial charge is 0.367 e. The Kier molecular flexibility index (Phi) is 5.27.